The van der Waals surface area contributed by atoms with Crippen molar-refractivity contribution in [1.82, 2.24) is 0 Å². The predicted octanol–water partition coefficient (Wildman–Crippen LogP) is 1.88. The SMILES string of the molecule is COC(C)(C)C(=O)N1CCC(O)c2ccccc21. The van der Waals surface area contributed by atoms with E-state index in [4.69, 9.17) is 4.74 Å². The fraction of sp³-hybridized carbons (Fsp3) is 0.500. The largest absolute Gasteiger partial charge is 0.388 e. The second-order valence-corrected chi connectivity index (χ2v) is 5.03. The second-order valence-electron chi connectivity index (χ2n) is 5.03. The Labute approximate surface area is 107 Å². The van der Waals surface area contributed by atoms with Gasteiger partial charge in [-0.05, 0) is 26.3 Å². The van der Waals surface area contributed by atoms with Gasteiger partial charge in [-0.2, -0.15) is 0 Å². The number of para-hydroxylation sites is 1. The van der Waals surface area contributed by atoms with E-state index < -0.39 is 11.7 Å². The van der Waals surface area contributed by atoms with E-state index in [1.165, 1.54) is 7.11 Å². The van der Waals surface area contributed by atoms with E-state index in [9.17, 15) is 9.90 Å². The second kappa shape index (κ2) is 4.71. The lowest BCUT2D eigenvalue weighted by Crippen LogP contribution is -2.48. The number of hydrogen-bond acceptors (Lipinski definition) is 3. The first kappa shape index (κ1) is 13.1. The van der Waals surface area contributed by atoms with Crippen molar-refractivity contribution in [2.24, 2.45) is 0 Å². The molecule has 0 saturated heterocycles. The van der Waals surface area contributed by atoms with Gasteiger partial charge in [0.05, 0.1) is 6.10 Å². The number of nitrogens with zero attached hydrogens (tertiary/aromatic N) is 1. The van der Waals surface area contributed by atoms with Gasteiger partial charge in [0.1, 0.15) is 5.60 Å². The smallest absolute Gasteiger partial charge is 0.258 e. The first-order chi connectivity index (χ1) is 8.47. The molecule has 1 N–H and O–H groups in total. The number of aliphatic hydroxyl groups excluding tert-OH is 1. The van der Waals surface area contributed by atoms with Crippen LogP contribution in [0.2, 0.25) is 0 Å². The Bertz CT molecular complexity index is 456. The number of amides is 1. The molecule has 4 heteroatoms. The number of rotatable bonds is 2. The maximum absolute atomic E-state index is 12.4. The molecule has 1 amide bonds. The molecule has 0 spiro atoms. The van der Waals surface area contributed by atoms with E-state index in [1.54, 1.807) is 18.7 Å². The number of carbonyl (C=O) groups excluding carboxylic acids is 1. The third-order valence-electron chi connectivity index (χ3n) is 3.48. The van der Waals surface area contributed by atoms with Crippen molar-refractivity contribution in [3.63, 3.8) is 0 Å². The van der Waals surface area contributed by atoms with E-state index in [2.05, 4.69) is 0 Å². The lowest BCUT2D eigenvalue weighted by molar-refractivity contribution is -0.136. The van der Waals surface area contributed by atoms with Crippen molar-refractivity contribution in [3.05, 3.63) is 29.8 Å². The van der Waals surface area contributed by atoms with E-state index in [0.717, 1.165) is 11.3 Å². The van der Waals surface area contributed by atoms with Crippen LogP contribution in [0.3, 0.4) is 0 Å². The fourth-order valence-electron chi connectivity index (χ4n) is 2.17. The number of benzene rings is 1. The van der Waals surface area contributed by atoms with Crippen molar-refractivity contribution in [3.8, 4) is 0 Å². The first-order valence-electron chi connectivity index (χ1n) is 6.11. The molecule has 0 saturated carbocycles. The third-order valence-corrected chi connectivity index (χ3v) is 3.48. The highest BCUT2D eigenvalue weighted by atomic mass is 16.5. The van der Waals surface area contributed by atoms with Crippen molar-refractivity contribution >= 4 is 11.6 Å². The van der Waals surface area contributed by atoms with Gasteiger partial charge in [-0.3, -0.25) is 4.79 Å². The molecule has 98 valence electrons. The normalized spacial score (nSPS) is 19.6. The quantitative estimate of drug-likeness (QED) is 0.870. The van der Waals surface area contributed by atoms with Crippen molar-refractivity contribution in [2.75, 3.05) is 18.6 Å². The third kappa shape index (κ3) is 2.13. The number of hydrogen-bond donors (Lipinski definition) is 1. The number of carbonyl (C=O) groups is 1. The van der Waals surface area contributed by atoms with Gasteiger partial charge in [0, 0.05) is 24.9 Å². The topological polar surface area (TPSA) is 49.8 Å². The van der Waals surface area contributed by atoms with E-state index >= 15 is 0 Å². The average Bonchev–Trinajstić information content (AvgIpc) is 2.39. The Kier molecular flexibility index (Phi) is 3.41. The Balaban J connectivity index is 2.38. The van der Waals surface area contributed by atoms with Crippen molar-refractivity contribution < 1.29 is 14.6 Å². The summed E-state index contributed by atoms with van der Waals surface area (Å²) in [7, 11) is 1.53. The molecule has 1 atom stereocenters. The van der Waals surface area contributed by atoms with Gasteiger partial charge in [-0.1, -0.05) is 18.2 Å². The predicted molar refractivity (Wildman–Crippen MR) is 69.5 cm³/mol. The number of methoxy groups -OCH3 is 1. The van der Waals surface area contributed by atoms with Crippen LogP contribution in [0.15, 0.2) is 24.3 Å². The molecule has 1 heterocycles. The van der Waals surface area contributed by atoms with Gasteiger partial charge in [0.15, 0.2) is 0 Å². The monoisotopic (exact) mass is 249 g/mol. The molecular weight excluding hydrogens is 230 g/mol. The molecule has 0 aromatic heterocycles. The maximum Gasteiger partial charge on any atom is 0.258 e. The zero-order chi connectivity index (χ0) is 13.3. The molecule has 1 aromatic carbocycles. The molecule has 1 aliphatic heterocycles. The molecule has 4 nitrogen and oxygen atoms in total. The molecule has 0 fully saturated rings. The highest BCUT2D eigenvalue weighted by Gasteiger charge is 2.36. The van der Waals surface area contributed by atoms with E-state index in [0.29, 0.717) is 13.0 Å². The summed E-state index contributed by atoms with van der Waals surface area (Å²) in [4.78, 5) is 14.1. The highest BCUT2D eigenvalue weighted by Crippen LogP contribution is 2.34. The minimum atomic E-state index is -0.852. The molecule has 1 unspecified atom stereocenters. The summed E-state index contributed by atoms with van der Waals surface area (Å²) in [6, 6.07) is 7.47. The van der Waals surface area contributed by atoms with Gasteiger partial charge < -0.3 is 14.7 Å². The molecule has 2 rings (SSSR count). The summed E-state index contributed by atoms with van der Waals surface area (Å²) in [5.74, 6) is -0.0793. The lowest BCUT2D eigenvalue weighted by atomic mass is 9.97. The van der Waals surface area contributed by atoms with Crippen LogP contribution in [-0.2, 0) is 9.53 Å². The van der Waals surface area contributed by atoms with Crippen LogP contribution in [0.1, 0.15) is 31.9 Å². The summed E-state index contributed by atoms with van der Waals surface area (Å²) < 4.78 is 5.24. The Morgan fingerprint density at radius 1 is 1.44 bits per heavy atom. The van der Waals surface area contributed by atoms with Crippen LogP contribution in [0.4, 0.5) is 5.69 Å². The Morgan fingerprint density at radius 2 is 2.11 bits per heavy atom. The van der Waals surface area contributed by atoms with E-state index in [1.807, 2.05) is 24.3 Å². The van der Waals surface area contributed by atoms with Crippen LogP contribution < -0.4 is 4.90 Å². The minimum Gasteiger partial charge on any atom is -0.388 e. The fourth-order valence-corrected chi connectivity index (χ4v) is 2.17. The van der Waals surface area contributed by atoms with Crippen LogP contribution in [-0.4, -0.2) is 30.3 Å². The summed E-state index contributed by atoms with van der Waals surface area (Å²) in [6.45, 7) is 4.02. The summed E-state index contributed by atoms with van der Waals surface area (Å²) >= 11 is 0. The van der Waals surface area contributed by atoms with Crippen molar-refractivity contribution in [2.45, 2.75) is 32.0 Å². The number of ether oxygens (including phenoxy) is 1. The van der Waals surface area contributed by atoms with Crippen LogP contribution in [0, 0.1) is 0 Å². The zero-order valence-corrected chi connectivity index (χ0v) is 11.0. The van der Waals surface area contributed by atoms with Crippen LogP contribution >= 0.6 is 0 Å². The number of aliphatic hydroxyl groups is 1. The molecular formula is C14H19NO3. The Hall–Kier alpha value is -1.39. The molecule has 0 aliphatic carbocycles. The summed E-state index contributed by atoms with van der Waals surface area (Å²) in [5.41, 5.74) is 0.741. The maximum atomic E-state index is 12.4. The lowest BCUT2D eigenvalue weighted by Gasteiger charge is -2.36. The molecule has 0 radical (unpaired) electrons. The first-order valence-corrected chi connectivity index (χ1v) is 6.11. The average molecular weight is 249 g/mol. The Morgan fingerprint density at radius 3 is 2.78 bits per heavy atom. The van der Waals surface area contributed by atoms with Gasteiger partial charge in [0.2, 0.25) is 0 Å². The summed E-state index contributed by atoms with van der Waals surface area (Å²) in [6.07, 6.45) is 0.0682. The minimum absolute atomic E-state index is 0.0793. The zero-order valence-electron chi connectivity index (χ0n) is 11.0. The van der Waals surface area contributed by atoms with Crippen molar-refractivity contribution in [1.29, 1.82) is 0 Å². The van der Waals surface area contributed by atoms with Crippen LogP contribution in [0.25, 0.3) is 0 Å². The van der Waals surface area contributed by atoms with Gasteiger partial charge in [0.25, 0.3) is 5.91 Å². The highest BCUT2D eigenvalue weighted by molar-refractivity contribution is 6.00. The van der Waals surface area contributed by atoms with E-state index in [-0.39, 0.29) is 5.91 Å². The van der Waals surface area contributed by atoms with Crippen LogP contribution in [0.5, 0.6) is 0 Å². The van der Waals surface area contributed by atoms with Gasteiger partial charge in [-0.25, -0.2) is 0 Å². The number of fused-ring (bicyclic) bond motifs is 1. The standard InChI is InChI=1S/C14H19NO3/c1-14(2,18-3)13(17)15-9-8-12(16)10-6-4-5-7-11(10)15/h4-7,12,16H,8-9H2,1-3H3. The molecule has 18 heavy (non-hydrogen) atoms. The number of anilines is 1. The summed E-state index contributed by atoms with van der Waals surface area (Å²) in [5, 5.41) is 9.95. The molecule has 1 aliphatic rings. The van der Waals surface area contributed by atoms with Gasteiger partial charge >= 0.3 is 0 Å². The molecule has 1 aromatic rings. The molecule has 0 bridgehead atoms. The van der Waals surface area contributed by atoms with Gasteiger partial charge in [-0.15, -0.1) is 0 Å².